The van der Waals surface area contributed by atoms with E-state index in [-0.39, 0.29) is 12.4 Å². The monoisotopic (exact) mass is 220 g/mol. The van der Waals surface area contributed by atoms with Gasteiger partial charge in [0, 0.05) is 12.8 Å². The Hall–Kier alpha value is -0.860. The fourth-order valence-electron chi connectivity index (χ4n) is 2.02. The van der Waals surface area contributed by atoms with Gasteiger partial charge in [-0.1, -0.05) is 44.2 Å². The summed E-state index contributed by atoms with van der Waals surface area (Å²) >= 11 is 0. The molecule has 0 bridgehead atoms. The van der Waals surface area contributed by atoms with Crippen molar-refractivity contribution in [2.24, 2.45) is 5.92 Å². The van der Waals surface area contributed by atoms with E-state index in [1.807, 2.05) is 6.07 Å². The Balaban J connectivity index is 1.97. The summed E-state index contributed by atoms with van der Waals surface area (Å²) in [7, 11) is 0. The number of benzene rings is 1. The first kappa shape index (κ1) is 11.6. The summed E-state index contributed by atoms with van der Waals surface area (Å²) in [5.41, 5.74) is 1.26. The average molecular weight is 220 g/mol. The zero-order valence-electron chi connectivity index (χ0n) is 10.1. The molecular weight excluding hydrogens is 200 g/mol. The summed E-state index contributed by atoms with van der Waals surface area (Å²) in [5, 5.41) is 0. The highest BCUT2D eigenvalue weighted by atomic mass is 16.7. The highest BCUT2D eigenvalue weighted by molar-refractivity contribution is 5.17. The van der Waals surface area contributed by atoms with Gasteiger partial charge < -0.3 is 9.47 Å². The Kier molecular flexibility index (Phi) is 3.97. The third kappa shape index (κ3) is 3.06. The third-order valence-electron chi connectivity index (χ3n) is 2.84. The summed E-state index contributed by atoms with van der Waals surface area (Å²) in [6.07, 6.45) is 2.11. The van der Waals surface area contributed by atoms with E-state index in [0.29, 0.717) is 5.92 Å². The Labute approximate surface area is 97.6 Å². The molecule has 1 aromatic carbocycles. The van der Waals surface area contributed by atoms with Crippen molar-refractivity contribution in [2.45, 2.75) is 39.1 Å². The van der Waals surface area contributed by atoms with Crippen molar-refractivity contribution in [1.82, 2.24) is 0 Å². The predicted molar refractivity (Wildman–Crippen MR) is 64.1 cm³/mol. The molecule has 1 heterocycles. The van der Waals surface area contributed by atoms with Crippen molar-refractivity contribution in [3.05, 3.63) is 35.9 Å². The molecule has 0 N–H and O–H groups in total. The van der Waals surface area contributed by atoms with Crippen LogP contribution >= 0.6 is 0 Å². The van der Waals surface area contributed by atoms with Crippen LogP contribution in [0, 0.1) is 5.92 Å². The van der Waals surface area contributed by atoms with E-state index in [9.17, 15) is 0 Å². The minimum atomic E-state index is -0.0287. The van der Waals surface area contributed by atoms with Crippen molar-refractivity contribution in [3.63, 3.8) is 0 Å². The second-order valence-electron chi connectivity index (χ2n) is 4.75. The van der Waals surface area contributed by atoms with E-state index in [1.165, 1.54) is 5.56 Å². The molecule has 88 valence electrons. The molecule has 2 unspecified atom stereocenters. The van der Waals surface area contributed by atoms with Gasteiger partial charge in [-0.15, -0.1) is 0 Å². The molecule has 0 aromatic heterocycles. The average Bonchev–Trinajstić information content (AvgIpc) is 2.30. The van der Waals surface area contributed by atoms with Crippen LogP contribution < -0.4 is 0 Å². The molecule has 1 aliphatic rings. The maximum Gasteiger partial charge on any atom is 0.158 e. The lowest BCUT2D eigenvalue weighted by molar-refractivity contribution is -0.220. The molecule has 0 radical (unpaired) electrons. The molecule has 0 amide bonds. The van der Waals surface area contributed by atoms with Crippen molar-refractivity contribution in [1.29, 1.82) is 0 Å². The minimum absolute atomic E-state index is 0.0287. The van der Waals surface area contributed by atoms with Gasteiger partial charge in [0.05, 0.1) is 12.7 Å². The van der Waals surface area contributed by atoms with Crippen molar-refractivity contribution >= 4 is 0 Å². The topological polar surface area (TPSA) is 18.5 Å². The van der Waals surface area contributed by atoms with Crippen LogP contribution in [0.1, 0.15) is 38.4 Å². The third-order valence-corrected chi connectivity index (χ3v) is 2.84. The van der Waals surface area contributed by atoms with Crippen molar-refractivity contribution in [3.8, 4) is 0 Å². The molecule has 16 heavy (non-hydrogen) atoms. The van der Waals surface area contributed by atoms with E-state index in [2.05, 4.69) is 38.1 Å². The molecule has 1 saturated heterocycles. The normalized spacial score (nSPS) is 25.9. The molecule has 1 fully saturated rings. The molecule has 2 heteroatoms. The lowest BCUT2D eigenvalue weighted by Crippen LogP contribution is -2.28. The van der Waals surface area contributed by atoms with Crippen LogP contribution in [0.4, 0.5) is 0 Å². The fourth-order valence-corrected chi connectivity index (χ4v) is 2.02. The van der Waals surface area contributed by atoms with Gasteiger partial charge in [-0.2, -0.15) is 0 Å². The van der Waals surface area contributed by atoms with Gasteiger partial charge in [-0.25, -0.2) is 0 Å². The zero-order chi connectivity index (χ0) is 11.4. The number of ether oxygens (including phenoxy) is 2. The van der Waals surface area contributed by atoms with Crippen LogP contribution in [0.2, 0.25) is 0 Å². The van der Waals surface area contributed by atoms with Crippen molar-refractivity contribution < 1.29 is 9.47 Å². The second-order valence-corrected chi connectivity index (χ2v) is 4.75. The van der Waals surface area contributed by atoms with Crippen LogP contribution in [-0.4, -0.2) is 12.9 Å². The summed E-state index contributed by atoms with van der Waals surface area (Å²) in [4.78, 5) is 0. The highest BCUT2D eigenvalue weighted by Crippen LogP contribution is 2.29. The number of hydrogen-bond acceptors (Lipinski definition) is 2. The smallest absolute Gasteiger partial charge is 0.158 e. The number of rotatable bonds is 3. The maximum atomic E-state index is 5.96. The SMILES string of the molecule is CC(C)CC1OCCC(c2ccccc2)O1. The molecule has 0 spiro atoms. The van der Waals surface area contributed by atoms with Gasteiger partial charge in [0.2, 0.25) is 0 Å². The molecule has 2 rings (SSSR count). The first-order valence-corrected chi connectivity index (χ1v) is 6.07. The summed E-state index contributed by atoms with van der Waals surface area (Å²) in [6.45, 7) is 5.19. The van der Waals surface area contributed by atoms with E-state index in [1.54, 1.807) is 0 Å². The van der Waals surface area contributed by atoms with Gasteiger partial charge in [0.25, 0.3) is 0 Å². The van der Waals surface area contributed by atoms with Gasteiger partial charge in [-0.3, -0.25) is 0 Å². The lowest BCUT2D eigenvalue weighted by Gasteiger charge is -2.31. The molecular formula is C14H20O2. The quantitative estimate of drug-likeness (QED) is 0.775. The van der Waals surface area contributed by atoms with E-state index < -0.39 is 0 Å². The second kappa shape index (κ2) is 5.46. The summed E-state index contributed by atoms with van der Waals surface area (Å²) in [6, 6.07) is 10.4. The molecule has 0 aliphatic carbocycles. The minimum Gasteiger partial charge on any atom is -0.353 e. The summed E-state index contributed by atoms with van der Waals surface area (Å²) in [5.74, 6) is 0.611. The first-order chi connectivity index (χ1) is 7.75. The van der Waals surface area contributed by atoms with Crippen molar-refractivity contribution in [2.75, 3.05) is 6.61 Å². The van der Waals surface area contributed by atoms with Crippen LogP contribution in [0.5, 0.6) is 0 Å². The summed E-state index contributed by atoms with van der Waals surface area (Å²) < 4.78 is 11.6. The maximum absolute atomic E-state index is 5.96. The van der Waals surface area contributed by atoms with Crippen LogP contribution in [0.15, 0.2) is 30.3 Å². The molecule has 2 nitrogen and oxygen atoms in total. The lowest BCUT2D eigenvalue weighted by atomic mass is 10.1. The van der Waals surface area contributed by atoms with E-state index >= 15 is 0 Å². The Morgan fingerprint density at radius 3 is 2.69 bits per heavy atom. The Morgan fingerprint density at radius 2 is 2.00 bits per heavy atom. The first-order valence-electron chi connectivity index (χ1n) is 6.07. The van der Waals surface area contributed by atoms with E-state index in [0.717, 1.165) is 19.4 Å². The zero-order valence-corrected chi connectivity index (χ0v) is 10.1. The standard InChI is InChI=1S/C14H20O2/c1-11(2)10-14-15-9-8-13(16-14)12-6-4-3-5-7-12/h3-7,11,13-14H,8-10H2,1-2H3. The van der Waals surface area contributed by atoms with Gasteiger partial charge in [-0.05, 0) is 11.5 Å². The van der Waals surface area contributed by atoms with Gasteiger partial charge in [0.1, 0.15) is 0 Å². The predicted octanol–water partition coefficient (Wildman–Crippen LogP) is 3.54. The highest BCUT2D eigenvalue weighted by Gasteiger charge is 2.24. The molecule has 0 saturated carbocycles. The molecule has 2 atom stereocenters. The number of hydrogen-bond donors (Lipinski definition) is 0. The Morgan fingerprint density at radius 1 is 1.25 bits per heavy atom. The van der Waals surface area contributed by atoms with Crippen LogP contribution in [0.25, 0.3) is 0 Å². The largest absolute Gasteiger partial charge is 0.353 e. The van der Waals surface area contributed by atoms with Crippen LogP contribution in [-0.2, 0) is 9.47 Å². The van der Waals surface area contributed by atoms with Gasteiger partial charge >= 0.3 is 0 Å². The molecule has 1 aromatic rings. The van der Waals surface area contributed by atoms with Gasteiger partial charge in [0.15, 0.2) is 6.29 Å². The van der Waals surface area contributed by atoms with Crippen LogP contribution in [0.3, 0.4) is 0 Å². The molecule has 1 aliphatic heterocycles. The Bertz CT molecular complexity index is 308. The fraction of sp³-hybridized carbons (Fsp3) is 0.571. The van der Waals surface area contributed by atoms with E-state index in [4.69, 9.17) is 9.47 Å².